The number of anilines is 1. The summed E-state index contributed by atoms with van der Waals surface area (Å²) in [6.07, 6.45) is 2.03. The van der Waals surface area contributed by atoms with Crippen LogP contribution in [0.1, 0.15) is 24.4 Å². The standard InChI is InChI=1S/C18H22FN3O2/c1-12-10-18(23)22(13(2)20-12)14-4-5-17(16(19)11-14)21-8-6-15(24-3)7-9-21/h4-5,10-11,15H,6-9H2,1-3H3. The molecule has 0 atom stereocenters. The number of aromatic nitrogens is 2. The first-order valence-corrected chi connectivity index (χ1v) is 8.14. The monoisotopic (exact) mass is 331 g/mol. The lowest BCUT2D eigenvalue weighted by Gasteiger charge is -2.33. The highest BCUT2D eigenvalue weighted by Gasteiger charge is 2.21. The van der Waals surface area contributed by atoms with Gasteiger partial charge in [0.1, 0.15) is 11.6 Å². The number of hydrogen-bond donors (Lipinski definition) is 0. The van der Waals surface area contributed by atoms with Crippen LogP contribution in [0.25, 0.3) is 5.69 Å². The first kappa shape index (κ1) is 16.6. The van der Waals surface area contributed by atoms with Gasteiger partial charge in [-0.25, -0.2) is 9.37 Å². The van der Waals surface area contributed by atoms with Crippen molar-refractivity contribution in [3.8, 4) is 5.69 Å². The van der Waals surface area contributed by atoms with E-state index in [-0.39, 0.29) is 17.5 Å². The van der Waals surface area contributed by atoms with Crippen molar-refractivity contribution in [1.29, 1.82) is 0 Å². The zero-order valence-electron chi connectivity index (χ0n) is 14.3. The fraction of sp³-hybridized carbons (Fsp3) is 0.444. The van der Waals surface area contributed by atoms with Crippen molar-refractivity contribution in [2.24, 2.45) is 0 Å². The predicted octanol–water partition coefficient (Wildman–Crippen LogP) is 2.60. The summed E-state index contributed by atoms with van der Waals surface area (Å²) >= 11 is 0. The second kappa shape index (κ2) is 6.73. The van der Waals surface area contributed by atoms with E-state index in [1.165, 1.54) is 16.7 Å². The summed E-state index contributed by atoms with van der Waals surface area (Å²) in [5.41, 5.74) is 1.53. The van der Waals surface area contributed by atoms with Gasteiger partial charge >= 0.3 is 0 Å². The Labute approximate surface area is 140 Å². The number of halogens is 1. The van der Waals surface area contributed by atoms with Crippen LogP contribution in [0.15, 0.2) is 29.1 Å². The minimum absolute atomic E-state index is 0.201. The number of methoxy groups -OCH3 is 1. The highest BCUT2D eigenvalue weighted by atomic mass is 19.1. The maximum Gasteiger partial charge on any atom is 0.258 e. The molecule has 0 bridgehead atoms. The third kappa shape index (κ3) is 3.19. The Kier molecular flexibility index (Phi) is 4.66. The van der Waals surface area contributed by atoms with Gasteiger partial charge in [-0.2, -0.15) is 0 Å². The highest BCUT2D eigenvalue weighted by Crippen LogP contribution is 2.26. The lowest BCUT2D eigenvalue weighted by atomic mass is 10.1. The molecule has 24 heavy (non-hydrogen) atoms. The maximum absolute atomic E-state index is 14.6. The molecular weight excluding hydrogens is 309 g/mol. The molecule has 1 fully saturated rings. The van der Waals surface area contributed by atoms with Gasteiger partial charge in [-0.15, -0.1) is 0 Å². The second-order valence-electron chi connectivity index (χ2n) is 6.18. The molecule has 0 N–H and O–H groups in total. The number of ether oxygens (including phenoxy) is 1. The van der Waals surface area contributed by atoms with Crippen LogP contribution < -0.4 is 10.5 Å². The fourth-order valence-corrected chi connectivity index (χ4v) is 3.28. The van der Waals surface area contributed by atoms with Crippen LogP contribution in [-0.4, -0.2) is 35.9 Å². The summed E-state index contributed by atoms with van der Waals surface area (Å²) in [4.78, 5) is 18.5. The molecule has 5 nitrogen and oxygen atoms in total. The Hall–Kier alpha value is -2.21. The van der Waals surface area contributed by atoms with E-state index in [0.29, 0.717) is 22.9 Å². The largest absolute Gasteiger partial charge is 0.381 e. The third-order valence-electron chi connectivity index (χ3n) is 4.52. The summed E-state index contributed by atoms with van der Waals surface area (Å²) in [5.74, 6) is 0.225. The molecule has 2 aromatic rings. The molecule has 128 valence electrons. The fourth-order valence-electron chi connectivity index (χ4n) is 3.28. The molecule has 0 unspecified atom stereocenters. The normalized spacial score (nSPS) is 15.8. The van der Waals surface area contributed by atoms with Crippen LogP contribution in [0.2, 0.25) is 0 Å². The van der Waals surface area contributed by atoms with E-state index in [2.05, 4.69) is 4.98 Å². The minimum atomic E-state index is -0.324. The van der Waals surface area contributed by atoms with Gasteiger partial charge in [0.25, 0.3) is 5.56 Å². The van der Waals surface area contributed by atoms with Crippen LogP contribution in [0.5, 0.6) is 0 Å². The summed E-state index contributed by atoms with van der Waals surface area (Å²) < 4.78 is 21.4. The highest BCUT2D eigenvalue weighted by molar-refractivity contribution is 5.53. The van der Waals surface area contributed by atoms with Crippen LogP contribution in [-0.2, 0) is 4.74 Å². The molecule has 1 aliphatic rings. The van der Waals surface area contributed by atoms with Gasteiger partial charge in [0.05, 0.1) is 17.5 Å². The van der Waals surface area contributed by atoms with Crippen molar-refractivity contribution in [1.82, 2.24) is 9.55 Å². The van der Waals surface area contributed by atoms with Crippen LogP contribution >= 0.6 is 0 Å². The van der Waals surface area contributed by atoms with Crippen molar-refractivity contribution in [2.75, 3.05) is 25.1 Å². The Morgan fingerprint density at radius 1 is 1.21 bits per heavy atom. The lowest BCUT2D eigenvalue weighted by Crippen LogP contribution is -2.37. The molecule has 1 aromatic carbocycles. The Balaban J connectivity index is 1.90. The maximum atomic E-state index is 14.6. The van der Waals surface area contributed by atoms with E-state index in [9.17, 15) is 9.18 Å². The first-order chi connectivity index (χ1) is 11.5. The zero-order chi connectivity index (χ0) is 17.3. The van der Waals surface area contributed by atoms with Gasteiger partial charge in [0.2, 0.25) is 0 Å². The van der Waals surface area contributed by atoms with Crippen molar-refractivity contribution in [3.63, 3.8) is 0 Å². The quantitative estimate of drug-likeness (QED) is 0.867. The average molecular weight is 331 g/mol. The number of rotatable bonds is 3. The van der Waals surface area contributed by atoms with E-state index < -0.39 is 0 Å². The van der Waals surface area contributed by atoms with E-state index in [1.54, 1.807) is 33.1 Å². The Morgan fingerprint density at radius 3 is 2.50 bits per heavy atom. The number of piperidine rings is 1. The molecule has 0 saturated carbocycles. The number of hydrogen-bond acceptors (Lipinski definition) is 4. The van der Waals surface area contributed by atoms with Crippen LogP contribution in [0.4, 0.5) is 10.1 Å². The molecule has 1 aliphatic heterocycles. The smallest absolute Gasteiger partial charge is 0.258 e. The molecule has 6 heteroatoms. The number of benzene rings is 1. The molecule has 1 saturated heterocycles. The molecule has 2 heterocycles. The van der Waals surface area contributed by atoms with Crippen molar-refractivity contribution >= 4 is 5.69 Å². The number of aryl methyl sites for hydroxylation is 2. The molecule has 1 aromatic heterocycles. The number of nitrogens with zero attached hydrogens (tertiary/aromatic N) is 3. The summed E-state index contributed by atoms with van der Waals surface area (Å²) in [5, 5.41) is 0. The van der Waals surface area contributed by atoms with Crippen LogP contribution in [0, 0.1) is 19.7 Å². The molecule has 3 rings (SSSR count). The van der Waals surface area contributed by atoms with Gasteiger partial charge in [-0.3, -0.25) is 9.36 Å². The van der Waals surface area contributed by atoms with Gasteiger partial charge in [-0.1, -0.05) is 0 Å². The molecule has 0 spiro atoms. The Bertz CT molecular complexity index is 795. The third-order valence-corrected chi connectivity index (χ3v) is 4.52. The SMILES string of the molecule is COC1CCN(c2ccc(-n3c(C)nc(C)cc3=O)cc2F)CC1. The van der Waals surface area contributed by atoms with E-state index in [4.69, 9.17) is 4.74 Å². The first-order valence-electron chi connectivity index (χ1n) is 8.14. The van der Waals surface area contributed by atoms with Crippen molar-refractivity contribution in [2.45, 2.75) is 32.8 Å². The van der Waals surface area contributed by atoms with Crippen molar-refractivity contribution < 1.29 is 9.13 Å². The van der Waals surface area contributed by atoms with E-state index in [0.717, 1.165) is 25.9 Å². The molecule has 0 amide bonds. The van der Waals surface area contributed by atoms with Gasteiger partial charge < -0.3 is 9.64 Å². The Morgan fingerprint density at radius 2 is 1.92 bits per heavy atom. The molecular formula is C18H22FN3O2. The predicted molar refractivity (Wildman–Crippen MR) is 91.5 cm³/mol. The van der Waals surface area contributed by atoms with Gasteiger partial charge in [0.15, 0.2) is 0 Å². The van der Waals surface area contributed by atoms with Gasteiger partial charge in [-0.05, 0) is 38.8 Å². The average Bonchev–Trinajstić information content (AvgIpc) is 2.54. The van der Waals surface area contributed by atoms with E-state index in [1.807, 2.05) is 4.90 Å². The zero-order valence-corrected chi connectivity index (χ0v) is 14.3. The minimum Gasteiger partial charge on any atom is -0.381 e. The van der Waals surface area contributed by atoms with Crippen LogP contribution in [0.3, 0.4) is 0 Å². The summed E-state index contributed by atoms with van der Waals surface area (Å²) in [6.45, 7) is 5.04. The lowest BCUT2D eigenvalue weighted by molar-refractivity contribution is 0.0818. The summed E-state index contributed by atoms with van der Waals surface area (Å²) in [6, 6.07) is 6.37. The topological polar surface area (TPSA) is 47.4 Å². The molecule has 0 radical (unpaired) electrons. The van der Waals surface area contributed by atoms with Gasteiger partial charge in [0, 0.05) is 38.0 Å². The second-order valence-corrected chi connectivity index (χ2v) is 6.18. The van der Waals surface area contributed by atoms with Crippen molar-refractivity contribution in [3.05, 3.63) is 52.0 Å². The summed E-state index contributed by atoms with van der Waals surface area (Å²) in [7, 11) is 1.71. The molecule has 0 aliphatic carbocycles. The van der Waals surface area contributed by atoms with E-state index >= 15 is 0 Å².